The molecule has 0 unspecified atom stereocenters. The van der Waals surface area contributed by atoms with Crippen LogP contribution >= 0.6 is 11.3 Å². The Morgan fingerprint density at radius 2 is 1.35 bits per heavy atom. The third-order valence-corrected chi connectivity index (χ3v) is 11.9. The quantitative estimate of drug-likeness (QED) is 0.0861. The van der Waals surface area contributed by atoms with E-state index in [-0.39, 0.29) is 48.9 Å². The maximum Gasteiger partial charge on any atom is 0.162 e. The van der Waals surface area contributed by atoms with Crippen LogP contribution in [0.25, 0.3) is 42.7 Å². The number of allylic oxidation sites excluding steroid dienone is 2. The summed E-state index contributed by atoms with van der Waals surface area (Å²) in [6, 6.07) is 19.1. The van der Waals surface area contributed by atoms with Gasteiger partial charge in [0.1, 0.15) is 6.33 Å². The molecule has 4 nitrogen and oxygen atoms in total. The van der Waals surface area contributed by atoms with E-state index in [1.807, 2.05) is 11.3 Å². The average Bonchev–Trinajstić information content (AvgIpc) is 3.42. The molecule has 0 bridgehead atoms. The molecule has 2 heterocycles. The number of fused-ring (bicyclic) bond motifs is 2. The van der Waals surface area contributed by atoms with Gasteiger partial charge < -0.3 is 5.11 Å². The van der Waals surface area contributed by atoms with Crippen LogP contribution in [0.15, 0.2) is 60.6 Å². The van der Waals surface area contributed by atoms with E-state index in [0.29, 0.717) is 29.6 Å². The molecule has 0 spiro atoms. The number of thiophene rings is 1. The first-order valence-corrected chi connectivity index (χ1v) is 20.7. The fourth-order valence-electron chi connectivity index (χ4n) is 8.57. The molecule has 299 valence electrons. The zero-order valence-corrected chi connectivity index (χ0v) is 39.4. The summed E-state index contributed by atoms with van der Waals surface area (Å²) in [7, 11) is 0. The molecule has 0 aliphatic heterocycles. The van der Waals surface area contributed by atoms with Crippen molar-refractivity contribution in [1.29, 1.82) is 0 Å². The van der Waals surface area contributed by atoms with E-state index in [2.05, 4.69) is 159 Å². The summed E-state index contributed by atoms with van der Waals surface area (Å²) < 4.78 is 1.15. The zero-order chi connectivity index (χ0) is 40.4. The van der Waals surface area contributed by atoms with Crippen molar-refractivity contribution in [1.82, 2.24) is 9.97 Å². The maximum atomic E-state index is 12.3. The molecule has 5 rings (SSSR count). The van der Waals surface area contributed by atoms with E-state index in [9.17, 15) is 9.90 Å². The Kier molecular flexibility index (Phi) is 15.8. The molecule has 0 fully saturated rings. The average molecular weight is 938 g/mol. The zero-order valence-electron chi connectivity index (χ0n) is 36.2. The summed E-state index contributed by atoms with van der Waals surface area (Å²) in [6.07, 6.45) is 3.21. The summed E-state index contributed by atoms with van der Waals surface area (Å²) in [5.41, 5.74) is 11.0. The molecule has 5 aromatic rings. The van der Waals surface area contributed by atoms with Gasteiger partial charge in [-0.25, -0.2) is 4.98 Å². The Bertz CT molecular complexity index is 2090. The van der Waals surface area contributed by atoms with Gasteiger partial charge >= 0.3 is 0 Å². The van der Waals surface area contributed by atoms with Gasteiger partial charge in [-0.05, 0) is 78.0 Å². The third-order valence-electron chi connectivity index (χ3n) is 10.7. The maximum absolute atomic E-state index is 12.3. The second-order valence-electron chi connectivity index (χ2n) is 18.1. The first-order valence-electron chi connectivity index (χ1n) is 19.9. The van der Waals surface area contributed by atoms with E-state index in [1.54, 1.807) is 6.33 Å². The number of nitrogens with zero attached hydrogens (tertiary/aromatic N) is 2. The number of aryl methyl sites for hydroxylation is 3. The second-order valence-corrected chi connectivity index (χ2v) is 19.1. The summed E-state index contributed by atoms with van der Waals surface area (Å²) >= 11 is 1.83. The van der Waals surface area contributed by atoms with Crippen molar-refractivity contribution in [3.05, 3.63) is 94.5 Å². The first-order chi connectivity index (χ1) is 25.1. The number of hydrogen-bond donors (Lipinski definition) is 1. The molecule has 2 aromatic heterocycles. The van der Waals surface area contributed by atoms with Crippen LogP contribution in [0.4, 0.5) is 0 Å². The third kappa shape index (κ3) is 10.4. The molecule has 6 heteroatoms. The minimum absolute atomic E-state index is 0. The largest absolute Gasteiger partial charge is 0.512 e. The second kappa shape index (κ2) is 18.8. The summed E-state index contributed by atoms with van der Waals surface area (Å²) in [5, 5.41) is 12.7. The number of benzene rings is 3. The Morgan fingerprint density at radius 3 is 1.85 bits per heavy atom. The van der Waals surface area contributed by atoms with Gasteiger partial charge in [0, 0.05) is 53.3 Å². The van der Waals surface area contributed by atoms with Gasteiger partial charge in [0.15, 0.2) is 5.78 Å². The number of rotatable bonds is 10. The van der Waals surface area contributed by atoms with Crippen molar-refractivity contribution in [3.63, 3.8) is 0 Å². The summed E-state index contributed by atoms with van der Waals surface area (Å²) in [6.45, 7) is 34.6. The molecule has 3 aromatic carbocycles. The number of aliphatic hydroxyl groups excluding tert-OH is 1. The topological polar surface area (TPSA) is 63.1 Å². The van der Waals surface area contributed by atoms with Crippen LogP contribution in [0, 0.1) is 62.3 Å². The molecule has 0 aliphatic carbocycles. The van der Waals surface area contributed by atoms with Gasteiger partial charge in [-0.15, -0.1) is 40.5 Å². The smallest absolute Gasteiger partial charge is 0.162 e. The Hall–Kier alpha value is -3.18. The predicted molar refractivity (Wildman–Crippen MR) is 234 cm³/mol. The molecule has 1 N–H and O–H groups in total. The van der Waals surface area contributed by atoms with E-state index < -0.39 is 0 Å². The van der Waals surface area contributed by atoms with Gasteiger partial charge in [0.05, 0.1) is 11.3 Å². The molecular weight excluding hydrogens is 873 g/mol. The van der Waals surface area contributed by atoms with Gasteiger partial charge in [-0.2, -0.15) is 0 Å². The minimum Gasteiger partial charge on any atom is -0.512 e. The summed E-state index contributed by atoms with van der Waals surface area (Å²) in [5.74, 6) is 1.98. The van der Waals surface area contributed by atoms with Crippen molar-refractivity contribution >= 4 is 38.1 Å². The SMILES string of the molecule is CC(C)C(C(=O)/C=C(\O)C(C(C)C)C(C)C)C(C)C.Cc1cc(C)c(-c2sc3c(-c4[c-]c5ccccc5c(C(C)(C)C)c4)ncnc3c2C(C)C)c(C)c1.[Ir]. The van der Waals surface area contributed by atoms with Gasteiger partial charge in [-0.1, -0.05) is 137 Å². The van der Waals surface area contributed by atoms with Crippen LogP contribution in [0.1, 0.15) is 124 Å². The van der Waals surface area contributed by atoms with Crippen LogP contribution in [0.3, 0.4) is 0 Å². The standard InChI is InChI=1S/C32H33N2S.C17H32O2.Ir/c1-18(2)26-29-31(35-30(26)27-20(4)13-19(3)14-21(27)5)28(33-17-34-29)23-15-22-11-9-10-12-24(22)25(16-23)32(6,7)8;1-10(2)16(11(3)4)14(18)9-15(19)17(12(5)6)13(7)8;/h9-14,16-18H,1-8H3;9-13,16-18H,1-8H3;/q-1;;/b;14-9-;. The molecule has 0 amide bonds. The Morgan fingerprint density at radius 1 is 0.800 bits per heavy atom. The number of ketones is 1. The van der Waals surface area contributed by atoms with Gasteiger partial charge in [0.2, 0.25) is 0 Å². The van der Waals surface area contributed by atoms with E-state index >= 15 is 0 Å². The van der Waals surface area contributed by atoms with E-state index in [1.165, 1.54) is 49.7 Å². The van der Waals surface area contributed by atoms with Crippen molar-refractivity contribution in [2.75, 3.05) is 0 Å². The van der Waals surface area contributed by atoms with Crippen LogP contribution in [-0.2, 0) is 30.3 Å². The molecular formula is C49H65IrN2O2S-. The molecule has 0 atom stereocenters. The van der Waals surface area contributed by atoms with Gasteiger partial charge in [-0.3, -0.25) is 9.78 Å². The number of hydrogen-bond acceptors (Lipinski definition) is 5. The molecule has 1 radical (unpaired) electrons. The van der Waals surface area contributed by atoms with Crippen LogP contribution in [0.5, 0.6) is 0 Å². The fraction of sp³-hybridized carbons (Fsp3) is 0.490. The number of carbonyl (C=O) groups is 1. The predicted octanol–water partition coefficient (Wildman–Crippen LogP) is 14.2. The molecule has 0 saturated heterocycles. The monoisotopic (exact) mass is 938 g/mol. The first kappa shape index (κ1) is 46.2. The fourth-order valence-corrected chi connectivity index (χ4v) is 10.2. The Labute approximate surface area is 350 Å². The normalized spacial score (nSPS) is 12.5. The summed E-state index contributed by atoms with van der Waals surface area (Å²) in [4.78, 5) is 23.3. The Balaban J connectivity index is 0.000000349. The molecule has 55 heavy (non-hydrogen) atoms. The van der Waals surface area contributed by atoms with Crippen molar-refractivity contribution in [2.24, 2.45) is 35.5 Å². The number of carbonyl (C=O) groups excluding carboxylic acids is 1. The van der Waals surface area contributed by atoms with E-state index in [0.717, 1.165) is 26.9 Å². The van der Waals surface area contributed by atoms with Crippen LogP contribution in [-0.4, -0.2) is 20.9 Å². The number of aromatic nitrogens is 2. The van der Waals surface area contributed by atoms with Crippen molar-refractivity contribution < 1.29 is 30.0 Å². The molecule has 0 saturated carbocycles. The number of aliphatic hydroxyl groups is 1. The minimum atomic E-state index is -0.0119. The van der Waals surface area contributed by atoms with E-state index in [4.69, 9.17) is 9.97 Å². The van der Waals surface area contributed by atoms with Crippen LogP contribution in [0.2, 0.25) is 0 Å². The van der Waals surface area contributed by atoms with Gasteiger partial charge in [0.25, 0.3) is 0 Å². The molecule has 0 aliphatic rings. The van der Waals surface area contributed by atoms with Crippen LogP contribution < -0.4 is 0 Å². The van der Waals surface area contributed by atoms with Crippen molar-refractivity contribution in [3.8, 4) is 21.7 Å². The van der Waals surface area contributed by atoms with Crippen molar-refractivity contribution in [2.45, 2.75) is 122 Å².